The number of benzene rings is 1. The summed E-state index contributed by atoms with van der Waals surface area (Å²) in [7, 11) is 0. The van der Waals surface area contributed by atoms with Crippen LogP contribution in [0.4, 0.5) is 0 Å². The number of likely N-dealkylation sites (tertiary alicyclic amines) is 1. The average Bonchev–Trinajstić information content (AvgIpc) is 3.34. The number of hydrogen-bond acceptors (Lipinski definition) is 6. The molecule has 0 amide bonds. The van der Waals surface area contributed by atoms with Crippen LogP contribution in [0.15, 0.2) is 46.7 Å². The van der Waals surface area contributed by atoms with E-state index in [2.05, 4.69) is 45.7 Å². The molecule has 5 rings (SSSR count). The van der Waals surface area contributed by atoms with Gasteiger partial charge in [-0.1, -0.05) is 6.07 Å². The van der Waals surface area contributed by atoms with E-state index in [-0.39, 0.29) is 5.56 Å². The minimum absolute atomic E-state index is 0.0134. The smallest absolute Gasteiger partial charge is 0.269 e. The van der Waals surface area contributed by atoms with Gasteiger partial charge in [-0.25, -0.2) is 4.98 Å². The molecule has 5 nitrogen and oxygen atoms in total. The number of thiophene rings is 2. The van der Waals surface area contributed by atoms with Crippen LogP contribution in [0.25, 0.3) is 20.4 Å². The van der Waals surface area contributed by atoms with Gasteiger partial charge < -0.3 is 14.8 Å². The molecule has 4 heterocycles. The summed E-state index contributed by atoms with van der Waals surface area (Å²) < 4.78 is 4.68. The Kier molecular flexibility index (Phi) is 5.69. The molecule has 0 aliphatic carbocycles. The van der Waals surface area contributed by atoms with Gasteiger partial charge >= 0.3 is 0 Å². The molecular weight excluding hydrogens is 412 g/mol. The van der Waals surface area contributed by atoms with Crippen LogP contribution in [0.5, 0.6) is 0 Å². The van der Waals surface area contributed by atoms with Crippen molar-refractivity contribution in [2.24, 2.45) is 0 Å². The number of nitrogens with zero attached hydrogens (tertiary/aromatic N) is 3. The first-order valence-electron chi connectivity index (χ1n) is 10.5. The Labute approximate surface area is 184 Å². The summed E-state index contributed by atoms with van der Waals surface area (Å²) in [6.45, 7) is 6.79. The zero-order valence-electron chi connectivity index (χ0n) is 17.1. The molecule has 1 N–H and O–H groups in total. The van der Waals surface area contributed by atoms with Crippen molar-refractivity contribution in [3.05, 3.63) is 62.7 Å². The number of aryl methyl sites for hydroxylation is 1. The fraction of sp³-hybridized carbons (Fsp3) is 0.391. The van der Waals surface area contributed by atoms with E-state index in [1.807, 2.05) is 39.4 Å². The van der Waals surface area contributed by atoms with Crippen LogP contribution < -0.4 is 10.9 Å². The summed E-state index contributed by atoms with van der Waals surface area (Å²) in [6.07, 6.45) is 3.76. The van der Waals surface area contributed by atoms with Crippen LogP contribution in [0.1, 0.15) is 23.3 Å². The first kappa shape index (κ1) is 19.9. The van der Waals surface area contributed by atoms with Gasteiger partial charge in [-0.05, 0) is 68.1 Å². The lowest BCUT2D eigenvalue weighted by Gasteiger charge is -2.32. The number of rotatable bonds is 6. The van der Waals surface area contributed by atoms with E-state index in [0.29, 0.717) is 12.6 Å². The van der Waals surface area contributed by atoms with Gasteiger partial charge in [0.25, 0.3) is 5.56 Å². The molecule has 0 saturated carbocycles. The van der Waals surface area contributed by atoms with E-state index in [0.717, 1.165) is 55.6 Å². The number of fused-ring (bicyclic) bond motifs is 2. The van der Waals surface area contributed by atoms with Crippen LogP contribution in [-0.4, -0.2) is 40.1 Å². The Morgan fingerprint density at radius 2 is 2.00 bits per heavy atom. The summed E-state index contributed by atoms with van der Waals surface area (Å²) in [5.74, 6) is 0. The van der Waals surface area contributed by atoms with E-state index < -0.39 is 0 Å². The third kappa shape index (κ3) is 4.21. The first-order chi connectivity index (χ1) is 14.7. The lowest BCUT2D eigenvalue weighted by molar-refractivity contribution is 0.191. The Hall–Kier alpha value is -2.06. The van der Waals surface area contributed by atoms with Crippen LogP contribution in [0.2, 0.25) is 0 Å². The molecule has 1 aromatic carbocycles. The predicted molar refractivity (Wildman–Crippen MR) is 127 cm³/mol. The maximum atomic E-state index is 12.4. The average molecular weight is 439 g/mol. The second kappa shape index (κ2) is 8.59. The van der Waals surface area contributed by atoms with Crippen molar-refractivity contribution in [3.63, 3.8) is 0 Å². The van der Waals surface area contributed by atoms with Crippen LogP contribution in [0, 0.1) is 6.92 Å². The van der Waals surface area contributed by atoms with Crippen molar-refractivity contribution in [2.75, 3.05) is 19.6 Å². The first-order valence-corrected chi connectivity index (χ1v) is 12.2. The Bertz CT molecular complexity index is 1190. The fourth-order valence-corrected chi connectivity index (χ4v) is 6.34. The molecular formula is C23H26N4OS2. The van der Waals surface area contributed by atoms with Crippen molar-refractivity contribution in [2.45, 2.75) is 38.9 Å². The number of piperidine rings is 1. The van der Waals surface area contributed by atoms with Crippen molar-refractivity contribution < 1.29 is 0 Å². The lowest BCUT2D eigenvalue weighted by Crippen LogP contribution is -2.43. The number of hydrogen-bond donors (Lipinski definition) is 1. The van der Waals surface area contributed by atoms with Gasteiger partial charge in [0.05, 0.1) is 17.2 Å². The zero-order chi connectivity index (χ0) is 20.5. The quantitative estimate of drug-likeness (QED) is 0.489. The van der Waals surface area contributed by atoms with Gasteiger partial charge in [-0.3, -0.25) is 4.79 Å². The summed E-state index contributed by atoms with van der Waals surface area (Å²) in [5.41, 5.74) is 2.97. The summed E-state index contributed by atoms with van der Waals surface area (Å²) in [5, 5.41) is 5.91. The van der Waals surface area contributed by atoms with Crippen molar-refractivity contribution in [1.82, 2.24) is 19.8 Å². The molecule has 1 fully saturated rings. The molecule has 0 unspecified atom stereocenters. The lowest BCUT2D eigenvalue weighted by atomic mass is 10.1. The van der Waals surface area contributed by atoms with Crippen LogP contribution in [0.3, 0.4) is 0 Å². The van der Waals surface area contributed by atoms with Crippen LogP contribution in [-0.2, 0) is 13.1 Å². The van der Waals surface area contributed by atoms with E-state index in [4.69, 9.17) is 0 Å². The number of nitrogens with one attached hydrogen (secondary N) is 1. The molecule has 0 atom stereocenters. The SMILES string of the molecule is Cc1ccc2ncc(=O)n(CCN3CCC(NCc4cc5sccc5s4)CC3)c2c1. The van der Waals surface area contributed by atoms with Crippen molar-refractivity contribution in [3.8, 4) is 0 Å². The zero-order valence-corrected chi connectivity index (χ0v) is 18.8. The van der Waals surface area contributed by atoms with E-state index in [1.165, 1.54) is 20.5 Å². The molecule has 1 aliphatic rings. The van der Waals surface area contributed by atoms with Gasteiger partial charge in [0.1, 0.15) is 0 Å². The third-order valence-electron chi connectivity index (χ3n) is 5.98. The molecule has 156 valence electrons. The summed E-state index contributed by atoms with van der Waals surface area (Å²) >= 11 is 3.73. The monoisotopic (exact) mass is 438 g/mol. The minimum atomic E-state index is -0.0134. The van der Waals surface area contributed by atoms with Crippen molar-refractivity contribution in [1.29, 1.82) is 0 Å². The van der Waals surface area contributed by atoms with E-state index >= 15 is 0 Å². The fourth-order valence-electron chi connectivity index (χ4n) is 4.25. The molecule has 0 bridgehead atoms. The maximum absolute atomic E-state index is 12.4. The summed E-state index contributed by atoms with van der Waals surface area (Å²) in [4.78, 5) is 20.6. The van der Waals surface area contributed by atoms with Gasteiger partial charge in [-0.2, -0.15) is 0 Å². The van der Waals surface area contributed by atoms with Crippen molar-refractivity contribution >= 4 is 43.1 Å². The molecule has 7 heteroatoms. The molecule has 1 saturated heterocycles. The Morgan fingerprint density at radius 3 is 2.83 bits per heavy atom. The molecule has 3 aromatic heterocycles. The summed E-state index contributed by atoms with van der Waals surface area (Å²) in [6, 6.07) is 11.2. The highest BCUT2D eigenvalue weighted by atomic mass is 32.1. The maximum Gasteiger partial charge on any atom is 0.269 e. The number of aromatic nitrogens is 2. The molecule has 0 radical (unpaired) electrons. The predicted octanol–water partition coefficient (Wildman–Crippen LogP) is 4.24. The Balaban J connectivity index is 1.14. The molecule has 0 spiro atoms. The normalized spacial score (nSPS) is 16.0. The molecule has 1 aliphatic heterocycles. The third-order valence-corrected chi connectivity index (χ3v) is 8.08. The largest absolute Gasteiger partial charge is 0.309 e. The Morgan fingerprint density at radius 1 is 1.13 bits per heavy atom. The highest BCUT2D eigenvalue weighted by Gasteiger charge is 2.19. The van der Waals surface area contributed by atoms with E-state index in [1.54, 1.807) is 0 Å². The van der Waals surface area contributed by atoms with E-state index in [9.17, 15) is 4.79 Å². The van der Waals surface area contributed by atoms with Gasteiger partial charge in [0.2, 0.25) is 0 Å². The highest BCUT2D eigenvalue weighted by Crippen LogP contribution is 2.30. The minimum Gasteiger partial charge on any atom is -0.309 e. The van der Waals surface area contributed by atoms with Gasteiger partial charge in [-0.15, -0.1) is 22.7 Å². The second-order valence-corrected chi connectivity index (χ2v) is 10.2. The topological polar surface area (TPSA) is 50.2 Å². The van der Waals surface area contributed by atoms with Gasteiger partial charge in [0.15, 0.2) is 0 Å². The molecule has 30 heavy (non-hydrogen) atoms. The standard InChI is InChI=1S/C23H26N4OS2/c1-16-2-3-19-20(12-16)27(23(28)15-25-19)10-9-26-7-4-17(5-8-26)24-14-18-13-22-21(30-18)6-11-29-22/h2-3,6,11-13,15,17,24H,4-5,7-10,14H2,1H3. The van der Waals surface area contributed by atoms with Gasteiger partial charge in [0, 0.05) is 40.0 Å². The van der Waals surface area contributed by atoms with Crippen LogP contribution >= 0.6 is 22.7 Å². The second-order valence-electron chi connectivity index (χ2n) is 8.10. The highest BCUT2D eigenvalue weighted by molar-refractivity contribution is 7.26. The molecule has 4 aromatic rings.